The molecule has 0 unspecified atom stereocenters. The smallest absolute Gasteiger partial charge is 0.164 e. The van der Waals surface area contributed by atoms with Gasteiger partial charge in [0.2, 0.25) is 0 Å². The van der Waals surface area contributed by atoms with E-state index in [0.29, 0.717) is 34.9 Å². The number of hydrogen-bond acceptors (Lipinski definition) is 8. The van der Waals surface area contributed by atoms with E-state index in [4.69, 9.17) is 39.9 Å². The summed E-state index contributed by atoms with van der Waals surface area (Å²) in [4.78, 5) is 40.2. The molecule has 16 aromatic carbocycles. The van der Waals surface area contributed by atoms with Gasteiger partial charge < -0.3 is 0 Å². The van der Waals surface area contributed by atoms with Crippen LogP contribution in [0.25, 0.3) is 200 Å². The van der Waals surface area contributed by atoms with Gasteiger partial charge in [-0.3, -0.25) is 0 Å². The summed E-state index contributed by atoms with van der Waals surface area (Å²) in [6.45, 7) is 0. The molecule has 0 aliphatic carbocycles. The maximum absolute atomic E-state index is 5.31. The fourth-order valence-electron chi connectivity index (χ4n) is 14.6. The summed E-state index contributed by atoms with van der Waals surface area (Å²) in [6.07, 6.45) is 0. The summed E-state index contributed by atoms with van der Waals surface area (Å²) < 4.78 is 0. The molecule has 8 nitrogen and oxygen atoms in total. The Morgan fingerprint density at radius 2 is 0.380 bits per heavy atom. The van der Waals surface area contributed by atoms with E-state index in [1.54, 1.807) is 0 Å². The van der Waals surface area contributed by atoms with Crippen molar-refractivity contribution in [1.82, 2.24) is 39.9 Å². The van der Waals surface area contributed by atoms with E-state index in [0.717, 1.165) is 111 Å². The zero-order valence-electron chi connectivity index (χ0n) is 58.5. The standard InChI is InChI=1S/2C50H32N4/c1-3-11-33(12-4-1)34-21-27-40(28-22-34)49-52-48(39-14-5-2-6-15-39)53-50(54-49)41-29-23-36(24-30-41)35-19-25-38(26-20-35)46-44-18-10-9-17-43(44)45-32-31-37-13-7-8-16-42(37)47(45)51-46;1-3-11-33(12-4-1)34-21-27-39(28-22-34)49-52-48(38-13-5-2-6-14-38)53-50(54-49)40-29-23-36(24-30-40)35-19-25-37(26-20-35)47-44-18-10-9-17-43(44)45-31-41-15-7-8-16-42(41)32-46(45)51-47/h2*1-32H. The summed E-state index contributed by atoms with van der Waals surface area (Å²) in [5.74, 6) is 3.84. The van der Waals surface area contributed by atoms with Crippen LogP contribution in [0.2, 0.25) is 0 Å². The van der Waals surface area contributed by atoms with Crippen LogP contribution in [-0.2, 0) is 0 Å². The number of benzene rings is 16. The Morgan fingerprint density at radius 1 is 0.130 bits per heavy atom. The topological polar surface area (TPSA) is 103 Å². The molecule has 0 radical (unpaired) electrons. The van der Waals surface area contributed by atoms with Crippen LogP contribution in [0, 0.1) is 0 Å². The third kappa shape index (κ3) is 12.7. The molecule has 108 heavy (non-hydrogen) atoms. The lowest BCUT2D eigenvalue weighted by Crippen LogP contribution is -2.00. The van der Waals surface area contributed by atoms with Gasteiger partial charge in [0.1, 0.15) is 0 Å². The van der Waals surface area contributed by atoms with Gasteiger partial charge in [0.25, 0.3) is 0 Å². The monoisotopic (exact) mass is 1380 g/mol. The summed E-state index contributed by atoms with van der Waals surface area (Å²) in [7, 11) is 0. The van der Waals surface area contributed by atoms with Crippen molar-refractivity contribution in [2.75, 3.05) is 0 Å². The molecular weight excluding hydrogens is 1310 g/mol. The Labute approximate surface area is 624 Å². The first-order valence-electron chi connectivity index (χ1n) is 36.3. The summed E-state index contributed by atoms with van der Waals surface area (Å²) in [6, 6.07) is 135. The normalized spacial score (nSPS) is 11.3. The van der Waals surface area contributed by atoms with E-state index < -0.39 is 0 Å². The lowest BCUT2D eigenvalue weighted by molar-refractivity contribution is 1.07. The van der Waals surface area contributed by atoms with E-state index in [9.17, 15) is 0 Å². The molecule has 0 fully saturated rings. The average molecular weight is 1380 g/mol. The second kappa shape index (κ2) is 28.2. The first-order chi connectivity index (χ1) is 53.5. The second-order valence-corrected chi connectivity index (χ2v) is 27.0. The Hall–Kier alpha value is -14.6. The molecular formula is C100H64N8. The first kappa shape index (κ1) is 64.3. The van der Waals surface area contributed by atoms with E-state index in [2.05, 4.69) is 315 Å². The van der Waals surface area contributed by atoms with Crippen LogP contribution in [0.3, 0.4) is 0 Å². The van der Waals surface area contributed by atoms with Crippen molar-refractivity contribution in [2.45, 2.75) is 0 Å². The molecule has 0 aliphatic heterocycles. The van der Waals surface area contributed by atoms with Crippen molar-refractivity contribution >= 4 is 64.9 Å². The van der Waals surface area contributed by atoms with Crippen molar-refractivity contribution in [3.05, 3.63) is 388 Å². The van der Waals surface area contributed by atoms with Gasteiger partial charge in [-0.25, -0.2) is 39.9 Å². The predicted molar refractivity (Wildman–Crippen MR) is 446 cm³/mol. The van der Waals surface area contributed by atoms with Gasteiger partial charge in [0.15, 0.2) is 34.9 Å². The minimum Gasteiger partial charge on any atom is -0.247 e. The predicted octanol–water partition coefficient (Wildman–Crippen LogP) is 25.5. The van der Waals surface area contributed by atoms with Crippen LogP contribution in [0.5, 0.6) is 0 Å². The van der Waals surface area contributed by atoms with Gasteiger partial charge in [-0.05, 0) is 83.6 Å². The number of rotatable bonds is 12. The highest BCUT2D eigenvalue weighted by atomic mass is 15.0. The highest BCUT2D eigenvalue weighted by Crippen LogP contribution is 2.40. The van der Waals surface area contributed by atoms with Gasteiger partial charge in [-0.15, -0.1) is 0 Å². The molecule has 0 aliphatic rings. The number of fused-ring (bicyclic) bond motifs is 9. The molecule has 20 aromatic rings. The lowest BCUT2D eigenvalue weighted by Gasteiger charge is -2.12. The number of nitrogens with zero attached hydrogens (tertiary/aromatic N) is 8. The zero-order valence-corrected chi connectivity index (χ0v) is 58.5. The summed E-state index contributed by atoms with van der Waals surface area (Å²) in [5.41, 5.74) is 20.9. The van der Waals surface area contributed by atoms with Crippen LogP contribution >= 0.6 is 0 Å². The minimum atomic E-state index is 0.634. The summed E-state index contributed by atoms with van der Waals surface area (Å²) in [5, 5.41) is 11.8. The number of pyridine rings is 2. The zero-order chi connectivity index (χ0) is 71.7. The Bertz CT molecular complexity index is 6660. The molecule has 0 spiro atoms. The molecule has 20 rings (SSSR count). The molecule has 0 saturated heterocycles. The van der Waals surface area contributed by atoms with Gasteiger partial charge in [-0.2, -0.15) is 0 Å². The Morgan fingerprint density at radius 3 is 0.750 bits per heavy atom. The van der Waals surface area contributed by atoms with Crippen molar-refractivity contribution in [3.63, 3.8) is 0 Å². The van der Waals surface area contributed by atoms with Gasteiger partial charge in [0, 0.05) is 71.4 Å². The third-order valence-electron chi connectivity index (χ3n) is 20.3. The van der Waals surface area contributed by atoms with E-state index in [-0.39, 0.29) is 0 Å². The van der Waals surface area contributed by atoms with Crippen LogP contribution in [0.15, 0.2) is 388 Å². The molecule has 0 atom stereocenters. The SMILES string of the molecule is c1ccc(-c2ccc(-c3nc(-c4ccccc4)nc(-c4ccc(-c5ccc(-c6nc7c8ccccc8ccc7c7ccccc67)cc5)cc4)n3)cc2)cc1.c1ccc(-c2ccc(-c3nc(-c4ccccc4)nc(-c4ccc(-c5ccc(-c6nc7cc8ccccc8cc7c7ccccc67)cc5)cc4)n3)cc2)cc1. The van der Waals surface area contributed by atoms with E-state index in [1.807, 2.05) is 72.8 Å². The summed E-state index contributed by atoms with van der Waals surface area (Å²) >= 11 is 0. The van der Waals surface area contributed by atoms with Crippen molar-refractivity contribution in [3.8, 4) is 135 Å². The quantitative estimate of drug-likeness (QED) is 0.0880. The highest BCUT2D eigenvalue weighted by molar-refractivity contribution is 6.18. The van der Waals surface area contributed by atoms with Gasteiger partial charge >= 0.3 is 0 Å². The van der Waals surface area contributed by atoms with Gasteiger partial charge in [0.05, 0.1) is 22.4 Å². The van der Waals surface area contributed by atoms with Crippen molar-refractivity contribution in [2.24, 2.45) is 0 Å². The fourth-order valence-corrected chi connectivity index (χ4v) is 14.6. The molecule has 8 heteroatoms. The number of aromatic nitrogens is 8. The Balaban J connectivity index is 0.000000147. The minimum absolute atomic E-state index is 0.634. The third-order valence-corrected chi connectivity index (χ3v) is 20.3. The van der Waals surface area contributed by atoms with Gasteiger partial charge in [-0.1, -0.05) is 376 Å². The Kier molecular flexibility index (Phi) is 16.8. The van der Waals surface area contributed by atoms with E-state index >= 15 is 0 Å². The molecule has 0 bridgehead atoms. The maximum atomic E-state index is 5.31. The largest absolute Gasteiger partial charge is 0.247 e. The second-order valence-electron chi connectivity index (χ2n) is 27.0. The van der Waals surface area contributed by atoms with Crippen molar-refractivity contribution < 1.29 is 0 Å². The lowest BCUT2D eigenvalue weighted by atomic mass is 9.96. The van der Waals surface area contributed by atoms with Crippen LogP contribution in [0.4, 0.5) is 0 Å². The van der Waals surface area contributed by atoms with Crippen LogP contribution < -0.4 is 0 Å². The molecule has 504 valence electrons. The first-order valence-corrected chi connectivity index (χ1v) is 36.3. The maximum Gasteiger partial charge on any atom is 0.164 e. The average Bonchev–Trinajstić information content (AvgIpc) is 0.750. The van der Waals surface area contributed by atoms with Crippen molar-refractivity contribution in [1.29, 1.82) is 0 Å². The molecule has 0 amide bonds. The molecule has 4 heterocycles. The van der Waals surface area contributed by atoms with E-state index in [1.165, 1.54) is 54.2 Å². The fraction of sp³-hybridized carbons (Fsp3) is 0. The molecule has 0 saturated carbocycles. The number of hydrogen-bond donors (Lipinski definition) is 0. The molecule has 0 N–H and O–H groups in total. The molecule has 4 aromatic heterocycles. The highest BCUT2D eigenvalue weighted by Gasteiger charge is 2.19. The van der Waals surface area contributed by atoms with Crippen LogP contribution in [0.1, 0.15) is 0 Å². The van der Waals surface area contributed by atoms with Crippen LogP contribution in [-0.4, -0.2) is 39.9 Å².